The average Bonchev–Trinajstić information content (AvgIpc) is 2.75. The molecule has 0 unspecified atom stereocenters. The smallest absolute Gasteiger partial charge is 0.340 e. The molecule has 0 aromatic heterocycles. The second kappa shape index (κ2) is 9.69. The topological polar surface area (TPSA) is 67.4 Å². The largest absolute Gasteiger partial charge is 0.452 e. The molecule has 154 valence electrons. The van der Waals surface area contributed by atoms with Gasteiger partial charge in [0.2, 0.25) is 0 Å². The monoisotopic (exact) mass is 406 g/mol. The number of hydrogen-bond acceptors (Lipinski definition) is 4. The molecule has 0 atom stereocenters. The molecule has 0 saturated carbocycles. The normalized spacial score (nSPS) is 10.4. The lowest BCUT2D eigenvalue weighted by Crippen LogP contribution is -2.28. The number of para-hydroxylation sites is 1. The fraction of sp³-hybridized carbons (Fsp3) is 0.167. The van der Waals surface area contributed by atoms with Gasteiger partial charge in [-0.1, -0.05) is 36.4 Å². The van der Waals surface area contributed by atoms with E-state index in [-0.39, 0.29) is 12.4 Å². The highest BCUT2D eigenvalue weighted by Crippen LogP contribution is 2.25. The van der Waals surface area contributed by atoms with Crippen LogP contribution in [0, 0.1) is 19.7 Å². The van der Waals surface area contributed by atoms with Crippen molar-refractivity contribution in [3.63, 3.8) is 0 Å². The first-order valence-corrected chi connectivity index (χ1v) is 9.54. The van der Waals surface area contributed by atoms with Gasteiger partial charge in [0, 0.05) is 12.2 Å². The first-order chi connectivity index (χ1) is 14.4. The van der Waals surface area contributed by atoms with Crippen LogP contribution in [0.3, 0.4) is 0 Å². The lowest BCUT2D eigenvalue weighted by molar-refractivity contribution is -0.124. The molecular formula is C24H23FN2O3. The molecule has 0 aliphatic carbocycles. The van der Waals surface area contributed by atoms with Crippen molar-refractivity contribution in [3.8, 4) is 0 Å². The van der Waals surface area contributed by atoms with Gasteiger partial charge in [-0.2, -0.15) is 0 Å². The zero-order valence-electron chi connectivity index (χ0n) is 16.9. The van der Waals surface area contributed by atoms with Crippen molar-refractivity contribution in [1.29, 1.82) is 0 Å². The van der Waals surface area contributed by atoms with Gasteiger partial charge >= 0.3 is 5.97 Å². The van der Waals surface area contributed by atoms with Crippen LogP contribution in [-0.2, 0) is 16.1 Å². The minimum Gasteiger partial charge on any atom is -0.452 e. The molecule has 30 heavy (non-hydrogen) atoms. The third-order valence-electron chi connectivity index (χ3n) is 4.76. The van der Waals surface area contributed by atoms with Crippen molar-refractivity contribution in [3.05, 3.63) is 94.8 Å². The van der Waals surface area contributed by atoms with E-state index in [0.717, 1.165) is 22.4 Å². The van der Waals surface area contributed by atoms with Gasteiger partial charge in [0.15, 0.2) is 6.61 Å². The van der Waals surface area contributed by atoms with Crippen LogP contribution in [0.2, 0.25) is 0 Å². The van der Waals surface area contributed by atoms with Crippen LogP contribution in [0.4, 0.5) is 15.8 Å². The molecule has 1 amide bonds. The number of anilines is 2. The van der Waals surface area contributed by atoms with Crippen molar-refractivity contribution in [2.45, 2.75) is 20.4 Å². The van der Waals surface area contributed by atoms with Crippen molar-refractivity contribution < 1.29 is 18.7 Å². The highest BCUT2D eigenvalue weighted by Gasteiger charge is 2.15. The number of ether oxygens (including phenoxy) is 1. The standard InChI is InChI=1S/C24H23FN2O3/c1-16-6-5-9-21(17(16)2)27-22-8-4-3-7-20(22)24(29)30-15-23(28)26-14-18-10-12-19(25)13-11-18/h3-13,27H,14-15H2,1-2H3,(H,26,28). The summed E-state index contributed by atoms with van der Waals surface area (Å²) >= 11 is 0. The summed E-state index contributed by atoms with van der Waals surface area (Å²) in [4.78, 5) is 24.5. The van der Waals surface area contributed by atoms with Crippen LogP contribution >= 0.6 is 0 Å². The van der Waals surface area contributed by atoms with Crippen LogP contribution < -0.4 is 10.6 Å². The van der Waals surface area contributed by atoms with Gasteiger partial charge < -0.3 is 15.4 Å². The Balaban J connectivity index is 1.59. The van der Waals surface area contributed by atoms with Gasteiger partial charge in [-0.05, 0) is 60.9 Å². The molecule has 0 aliphatic rings. The van der Waals surface area contributed by atoms with Crippen molar-refractivity contribution >= 4 is 23.3 Å². The molecule has 0 aliphatic heterocycles. The molecule has 0 fully saturated rings. The number of carbonyl (C=O) groups excluding carboxylic acids is 2. The maximum atomic E-state index is 12.9. The summed E-state index contributed by atoms with van der Waals surface area (Å²) in [6.45, 7) is 3.84. The van der Waals surface area contributed by atoms with Gasteiger partial charge in [-0.3, -0.25) is 4.79 Å². The fourth-order valence-corrected chi connectivity index (χ4v) is 2.86. The molecule has 0 radical (unpaired) electrons. The van der Waals surface area contributed by atoms with Crippen LogP contribution in [0.1, 0.15) is 27.0 Å². The zero-order chi connectivity index (χ0) is 21.5. The Labute approximate surface area is 174 Å². The van der Waals surface area contributed by atoms with Gasteiger partial charge in [0.05, 0.1) is 11.3 Å². The number of halogens is 1. The Morgan fingerprint density at radius 3 is 2.37 bits per heavy atom. The van der Waals surface area contributed by atoms with E-state index in [1.54, 1.807) is 30.3 Å². The second-order valence-electron chi connectivity index (χ2n) is 6.90. The van der Waals surface area contributed by atoms with E-state index >= 15 is 0 Å². The molecular weight excluding hydrogens is 383 g/mol. The van der Waals surface area contributed by atoms with E-state index in [9.17, 15) is 14.0 Å². The maximum absolute atomic E-state index is 12.9. The number of esters is 1. The lowest BCUT2D eigenvalue weighted by atomic mass is 10.1. The summed E-state index contributed by atoms with van der Waals surface area (Å²) in [5.74, 6) is -1.37. The summed E-state index contributed by atoms with van der Waals surface area (Å²) in [6.07, 6.45) is 0. The third kappa shape index (κ3) is 5.44. The Bertz CT molecular complexity index is 1050. The summed E-state index contributed by atoms with van der Waals surface area (Å²) < 4.78 is 18.1. The Kier molecular flexibility index (Phi) is 6.80. The Morgan fingerprint density at radius 1 is 0.900 bits per heavy atom. The van der Waals surface area contributed by atoms with Gasteiger partial charge in [-0.25, -0.2) is 9.18 Å². The number of carbonyl (C=O) groups is 2. The summed E-state index contributed by atoms with van der Waals surface area (Å²) in [5.41, 5.74) is 4.80. The fourth-order valence-electron chi connectivity index (χ4n) is 2.86. The second-order valence-corrected chi connectivity index (χ2v) is 6.90. The van der Waals surface area contributed by atoms with Crippen molar-refractivity contribution in [1.82, 2.24) is 5.32 Å². The number of hydrogen-bond donors (Lipinski definition) is 2. The van der Waals surface area contributed by atoms with E-state index < -0.39 is 18.5 Å². The minimum absolute atomic E-state index is 0.224. The van der Waals surface area contributed by atoms with Crippen LogP contribution in [0.5, 0.6) is 0 Å². The van der Waals surface area contributed by atoms with Gasteiger partial charge in [0.25, 0.3) is 5.91 Å². The maximum Gasteiger partial charge on any atom is 0.340 e. The highest BCUT2D eigenvalue weighted by molar-refractivity contribution is 5.97. The quantitative estimate of drug-likeness (QED) is 0.560. The SMILES string of the molecule is Cc1cccc(Nc2ccccc2C(=O)OCC(=O)NCc2ccc(F)cc2)c1C. The predicted octanol–water partition coefficient (Wildman–Crippen LogP) is 4.66. The zero-order valence-corrected chi connectivity index (χ0v) is 16.9. The molecule has 6 heteroatoms. The molecule has 0 saturated heterocycles. The van der Waals surface area contributed by atoms with Crippen molar-refractivity contribution in [2.24, 2.45) is 0 Å². The summed E-state index contributed by atoms with van der Waals surface area (Å²) in [7, 11) is 0. The predicted molar refractivity (Wildman–Crippen MR) is 114 cm³/mol. The molecule has 5 nitrogen and oxygen atoms in total. The molecule has 3 aromatic rings. The summed E-state index contributed by atoms with van der Waals surface area (Å²) in [6, 6.07) is 18.7. The Morgan fingerprint density at radius 2 is 1.60 bits per heavy atom. The lowest BCUT2D eigenvalue weighted by Gasteiger charge is -2.14. The minimum atomic E-state index is -0.597. The third-order valence-corrected chi connectivity index (χ3v) is 4.76. The number of aryl methyl sites for hydroxylation is 1. The molecule has 2 N–H and O–H groups in total. The van der Waals surface area contributed by atoms with Crippen molar-refractivity contribution in [2.75, 3.05) is 11.9 Å². The number of nitrogens with one attached hydrogen (secondary N) is 2. The van der Waals surface area contributed by atoms with Crippen LogP contribution in [-0.4, -0.2) is 18.5 Å². The highest BCUT2D eigenvalue weighted by atomic mass is 19.1. The van der Waals surface area contributed by atoms with E-state index in [0.29, 0.717) is 11.3 Å². The molecule has 3 aromatic carbocycles. The van der Waals surface area contributed by atoms with E-state index in [2.05, 4.69) is 10.6 Å². The van der Waals surface area contributed by atoms with Gasteiger partial charge in [0.1, 0.15) is 5.82 Å². The molecule has 0 spiro atoms. The first kappa shape index (κ1) is 21.0. The first-order valence-electron chi connectivity index (χ1n) is 9.54. The Hall–Kier alpha value is -3.67. The molecule has 0 bridgehead atoms. The molecule has 3 rings (SSSR count). The number of rotatable bonds is 7. The van der Waals surface area contributed by atoms with Crippen LogP contribution in [0.25, 0.3) is 0 Å². The summed E-state index contributed by atoms with van der Waals surface area (Å²) in [5, 5.41) is 5.91. The number of benzene rings is 3. The molecule has 0 heterocycles. The van der Waals surface area contributed by atoms with Gasteiger partial charge in [-0.15, -0.1) is 0 Å². The average molecular weight is 406 g/mol. The van der Waals surface area contributed by atoms with E-state index in [1.165, 1.54) is 12.1 Å². The van der Waals surface area contributed by atoms with E-state index in [4.69, 9.17) is 4.74 Å². The van der Waals surface area contributed by atoms with E-state index in [1.807, 2.05) is 38.1 Å². The number of amides is 1. The van der Waals surface area contributed by atoms with Crippen LogP contribution in [0.15, 0.2) is 66.7 Å².